The second kappa shape index (κ2) is 7.21. The summed E-state index contributed by atoms with van der Waals surface area (Å²) in [6, 6.07) is 14.1. The molecular weight excluding hydrogens is 400 g/mol. The lowest BCUT2D eigenvalue weighted by Crippen LogP contribution is -2.06. The van der Waals surface area contributed by atoms with E-state index in [0.29, 0.717) is 23.0 Å². The van der Waals surface area contributed by atoms with Crippen LogP contribution in [0.3, 0.4) is 0 Å². The van der Waals surface area contributed by atoms with Gasteiger partial charge in [-0.15, -0.1) is 0 Å². The number of imidazole rings is 1. The fourth-order valence-electron chi connectivity index (χ4n) is 4.34. The number of nitrogen functional groups attached to an aromatic ring is 1. The van der Waals surface area contributed by atoms with Crippen molar-refractivity contribution in [1.82, 2.24) is 29.5 Å². The van der Waals surface area contributed by atoms with Crippen LogP contribution in [0, 0.1) is 0 Å². The zero-order valence-corrected chi connectivity index (χ0v) is 17.2. The number of pyridine rings is 2. The van der Waals surface area contributed by atoms with Gasteiger partial charge in [0.1, 0.15) is 17.0 Å². The third-order valence-corrected chi connectivity index (χ3v) is 5.92. The van der Waals surface area contributed by atoms with E-state index in [2.05, 4.69) is 33.2 Å². The van der Waals surface area contributed by atoms with E-state index in [-0.39, 0.29) is 6.04 Å². The molecule has 0 saturated carbocycles. The zero-order chi connectivity index (χ0) is 21.7. The number of nitrogens with zero attached hydrogens (tertiary/aromatic N) is 6. The Morgan fingerprint density at radius 2 is 1.88 bits per heavy atom. The summed E-state index contributed by atoms with van der Waals surface area (Å²) in [4.78, 5) is 22.6. The van der Waals surface area contributed by atoms with Gasteiger partial charge in [0.15, 0.2) is 11.5 Å². The van der Waals surface area contributed by atoms with Crippen molar-refractivity contribution >= 4 is 17.0 Å². The summed E-state index contributed by atoms with van der Waals surface area (Å²) >= 11 is 0. The number of rotatable bonds is 3. The first-order chi connectivity index (χ1) is 15.7. The van der Waals surface area contributed by atoms with Gasteiger partial charge in [-0.2, -0.15) is 0 Å². The van der Waals surface area contributed by atoms with Crippen molar-refractivity contribution in [1.29, 1.82) is 0 Å². The lowest BCUT2D eigenvalue weighted by atomic mass is 10.1. The molecule has 0 aliphatic heterocycles. The molecule has 4 heterocycles. The molecule has 1 atom stereocenters. The van der Waals surface area contributed by atoms with Crippen LogP contribution in [0.15, 0.2) is 67.3 Å². The average molecular weight is 420 g/mol. The summed E-state index contributed by atoms with van der Waals surface area (Å²) in [5.74, 6) is 1.11. The van der Waals surface area contributed by atoms with E-state index in [1.165, 1.54) is 11.1 Å². The van der Waals surface area contributed by atoms with Crippen LogP contribution in [-0.4, -0.2) is 29.5 Å². The highest BCUT2D eigenvalue weighted by Gasteiger charge is 2.22. The van der Waals surface area contributed by atoms with Gasteiger partial charge in [-0.05, 0) is 60.4 Å². The molecule has 6 rings (SSSR count). The predicted molar refractivity (Wildman–Crippen MR) is 123 cm³/mol. The van der Waals surface area contributed by atoms with Crippen molar-refractivity contribution in [2.24, 2.45) is 5.73 Å². The number of benzene rings is 1. The molecule has 4 N–H and O–H groups in total. The monoisotopic (exact) mass is 420 g/mol. The maximum Gasteiger partial charge on any atom is 0.165 e. The average Bonchev–Trinajstić information content (AvgIpc) is 3.39. The van der Waals surface area contributed by atoms with Crippen LogP contribution in [0.25, 0.3) is 39.6 Å². The predicted octanol–water partition coefficient (Wildman–Crippen LogP) is 3.47. The second-order valence-electron chi connectivity index (χ2n) is 7.87. The molecule has 32 heavy (non-hydrogen) atoms. The lowest BCUT2D eigenvalue weighted by Gasteiger charge is -2.13. The quantitative estimate of drug-likeness (QED) is 0.458. The molecule has 0 unspecified atom stereocenters. The number of aromatic nitrogens is 6. The summed E-state index contributed by atoms with van der Waals surface area (Å²) in [6.07, 6.45) is 8.59. The largest absolute Gasteiger partial charge is 0.383 e. The summed E-state index contributed by atoms with van der Waals surface area (Å²) in [5.41, 5.74) is 19.6. The Labute approximate surface area is 184 Å². The molecule has 1 aliphatic carbocycles. The number of hydrogen-bond acceptors (Lipinski definition) is 7. The third-order valence-electron chi connectivity index (χ3n) is 5.92. The summed E-state index contributed by atoms with van der Waals surface area (Å²) < 4.78 is 2.03. The van der Waals surface area contributed by atoms with Crippen LogP contribution in [0.4, 0.5) is 5.82 Å². The van der Waals surface area contributed by atoms with E-state index >= 15 is 0 Å². The molecule has 156 valence electrons. The fraction of sp³-hybridized carbons (Fsp3) is 0.125. The smallest absolute Gasteiger partial charge is 0.165 e. The third kappa shape index (κ3) is 2.92. The van der Waals surface area contributed by atoms with Crippen molar-refractivity contribution in [3.8, 4) is 28.5 Å². The maximum absolute atomic E-state index is 6.26. The van der Waals surface area contributed by atoms with E-state index in [9.17, 15) is 0 Å². The van der Waals surface area contributed by atoms with Gasteiger partial charge in [0, 0.05) is 30.3 Å². The Hall–Kier alpha value is -4.17. The van der Waals surface area contributed by atoms with Gasteiger partial charge in [-0.25, -0.2) is 15.0 Å². The first-order valence-electron chi connectivity index (χ1n) is 10.4. The van der Waals surface area contributed by atoms with E-state index in [1.54, 1.807) is 24.8 Å². The molecule has 8 nitrogen and oxygen atoms in total. The summed E-state index contributed by atoms with van der Waals surface area (Å²) in [6.45, 7) is 0. The minimum atomic E-state index is 0.0911. The highest BCUT2D eigenvalue weighted by atomic mass is 15.1. The molecular formula is C24H20N8. The number of aryl methyl sites for hydroxylation is 1. The number of hydrogen-bond donors (Lipinski definition) is 2. The first-order valence-corrected chi connectivity index (χ1v) is 10.4. The van der Waals surface area contributed by atoms with E-state index < -0.39 is 0 Å². The van der Waals surface area contributed by atoms with E-state index in [0.717, 1.165) is 35.3 Å². The molecule has 4 aromatic heterocycles. The SMILES string of the molecule is Nc1ncccc1-c1nc2ccc(-c3cnccn3)nc2n1-c1ccc2c(c1)CC[C@@H]2N. The van der Waals surface area contributed by atoms with Crippen molar-refractivity contribution in [2.45, 2.75) is 18.9 Å². The van der Waals surface area contributed by atoms with Gasteiger partial charge < -0.3 is 11.5 Å². The zero-order valence-electron chi connectivity index (χ0n) is 17.2. The standard InChI is InChI=1S/C24H20N8/c25-18-6-3-14-12-15(4-5-16(14)18)32-23(17-2-1-9-29-22(17)26)31-20-8-7-19(30-24(20)32)21-13-27-10-11-28-21/h1-2,4-5,7-13,18H,3,6,25H2,(H2,26,29)/t18-/m0/s1. The van der Waals surface area contributed by atoms with Crippen molar-refractivity contribution in [3.63, 3.8) is 0 Å². The van der Waals surface area contributed by atoms with E-state index in [1.807, 2.05) is 28.8 Å². The Morgan fingerprint density at radius 3 is 2.72 bits per heavy atom. The highest BCUT2D eigenvalue weighted by Crippen LogP contribution is 2.35. The Morgan fingerprint density at radius 1 is 0.938 bits per heavy atom. The molecule has 1 aliphatic rings. The van der Waals surface area contributed by atoms with Gasteiger partial charge >= 0.3 is 0 Å². The van der Waals surface area contributed by atoms with Gasteiger partial charge in [-0.3, -0.25) is 14.5 Å². The number of anilines is 1. The molecule has 0 fully saturated rings. The molecule has 8 heteroatoms. The fourth-order valence-corrected chi connectivity index (χ4v) is 4.34. The van der Waals surface area contributed by atoms with Crippen molar-refractivity contribution in [2.75, 3.05) is 5.73 Å². The van der Waals surface area contributed by atoms with Crippen molar-refractivity contribution in [3.05, 3.63) is 78.4 Å². The maximum atomic E-state index is 6.26. The Kier molecular flexibility index (Phi) is 4.19. The molecule has 0 saturated heterocycles. The lowest BCUT2D eigenvalue weighted by molar-refractivity contribution is 0.713. The van der Waals surface area contributed by atoms with Gasteiger partial charge in [0.2, 0.25) is 0 Å². The highest BCUT2D eigenvalue weighted by molar-refractivity contribution is 5.84. The molecule has 0 radical (unpaired) electrons. The van der Waals surface area contributed by atoms with Gasteiger partial charge in [0.05, 0.1) is 17.5 Å². The van der Waals surface area contributed by atoms with Crippen LogP contribution < -0.4 is 11.5 Å². The van der Waals surface area contributed by atoms with E-state index in [4.69, 9.17) is 21.4 Å². The Balaban J connectivity index is 1.63. The van der Waals surface area contributed by atoms with Crippen LogP contribution >= 0.6 is 0 Å². The molecule has 1 aromatic carbocycles. The second-order valence-corrected chi connectivity index (χ2v) is 7.87. The molecule has 5 aromatic rings. The van der Waals surface area contributed by atoms with Crippen LogP contribution in [0.2, 0.25) is 0 Å². The molecule has 0 spiro atoms. The molecule has 0 amide bonds. The van der Waals surface area contributed by atoms with Crippen LogP contribution in [-0.2, 0) is 6.42 Å². The summed E-state index contributed by atoms with van der Waals surface area (Å²) in [5, 5.41) is 0. The van der Waals surface area contributed by atoms with Crippen LogP contribution in [0.1, 0.15) is 23.6 Å². The minimum Gasteiger partial charge on any atom is -0.383 e. The molecule has 0 bridgehead atoms. The number of nitrogens with two attached hydrogens (primary N) is 2. The summed E-state index contributed by atoms with van der Waals surface area (Å²) in [7, 11) is 0. The first kappa shape index (κ1) is 18.6. The van der Waals surface area contributed by atoms with Crippen molar-refractivity contribution < 1.29 is 0 Å². The van der Waals surface area contributed by atoms with Gasteiger partial charge in [-0.1, -0.05) is 6.07 Å². The normalized spacial score (nSPS) is 15.2. The number of fused-ring (bicyclic) bond motifs is 2. The van der Waals surface area contributed by atoms with Crippen LogP contribution in [0.5, 0.6) is 0 Å². The minimum absolute atomic E-state index is 0.0911. The topological polar surface area (TPSA) is 121 Å². The van der Waals surface area contributed by atoms with Gasteiger partial charge in [0.25, 0.3) is 0 Å². The Bertz CT molecular complexity index is 1460.